The second-order valence-electron chi connectivity index (χ2n) is 5.71. The summed E-state index contributed by atoms with van der Waals surface area (Å²) in [5.41, 5.74) is 5.76. The molecule has 0 spiro atoms. The first-order valence-electron chi connectivity index (χ1n) is 6.76. The molecule has 0 aliphatic carbocycles. The number of nitrogens with one attached hydrogen (secondary N) is 1. The lowest BCUT2D eigenvalue weighted by Gasteiger charge is -2.36. The van der Waals surface area contributed by atoms with Crippen molar-refractivity contribution in [3.63, 3.8) is 0 Å². The summed E-state index contributed by atoms with van der Waals surface area (Å²) >= 11 is 11.9. The third-order valence-electron chi connectivity index (χ3n) is 3.47. The minimum Gasteiger partial charge on any atom is -0.397 e. The first-order chi connectivity index (χ1) is 9.77. The molecule has 1 aromatic rings. The summed E-state index contributed by atoms with van der Waals surface area (Å²) < 4.78 is 0. The van der Waals surface area contributed by atoms with E-state index in [1.165, 1.54) is 12.1 Å². The molecule has 1 saturated heterocycles. The van der Waals surface area contributed by atoms with E-state index in [0.29, 0.717) is 28.0 Å². The van der Waals surface area contributed by atoms with E-state index in [4.69, 9.17) is 28.9 Å². The van der Waals surface area contributed by atoms with Crippen molar-refractivity contribution < 1.29 is 9.90 Å². The van der Waals surface area contributed by atoms with E-state index in [2.05, 4.69) is 5.32 Å². The molecule has 21 heavy (non-hydrogen) atoms. The Morgan fingerprint density at radius 2 is 2.24 bits per heavy atom. The highest BCUT2D eigenvalue weighted by atomic mass is 35.5. The Balaban J connectivity index is 1.99. The Kier molecular flexibility index (Phi) is 4.99. The van der Waals surface area contributed by atoms with Crippen molar-refractivity contribution >= 4 is 40.5 Å². The molecule has 1 amide bonds. The molecule has 1 heterocycles. The summed E-state index contributed by atoms with van der Waals surface area (Å²) in [5, 5.41) is 13.5. The molecule has 7 heteroatoms. The molecule has 1 fully saturated rings. The topological polar surface area (TPSA) is 78.6 Å². The first-order valence-corrected chi connectivity index (χ1v) is 7.51. The number of benzene rings is 1. The van der Waals surface area contributed by atoms with Gasteiger partial charge < -0.3 is 16.2 Å². The van der Waals surface area contributed by atoms with Gasteiger partial charge in [-0.25, -0.2) is 0 Å². The van der Waals surface area contributed by atoms with Crippen molar-refractivity contribution in [1.82, 2.24) is 4.90 Å². The van der Waals surface area contributed by atoms with Crippen LogP contribution in [0.1, 0.15) is 19.8 Å². The lowest BCUT2D eigenvalue weighted by atomic mass is 9.95. The van der Waals surface area contributed by atoms with Crippen LogP contribution in [-0.4, -0.2) is 41.1 Å². The van der Waals surface area contributed by atoms with Crippen LogP contribution in [-0.2, 0) is 4.79 Å². The highest BCUT2D eigenvalue weighted by Gasteiger charge is 2.29. The van der Waals surface area contributed by atoms with Crippen LogP contribution in [0.4, 0.5) is 11.4 Å². The van der Waals surface area contributed by atoms with Gasteiger partial charge in [0.05, 0.1) is 28.5 Å². The van der Waals surface area contributed by atoms with E-state index in [-0.39, 0.29) is 12.5 Å². The zero-order valence-corrected chi connectivity index (χ0v) is 13.3. The smallest absolute Gasteiger partial charge is 0.238 e. The maximum Gasteiger partial charge on any atom is 0.238 e. The quantitative estimate of drug-likeness (QED) is 0.743. The minimum absolute atomic E-state index is 0.189. The van der Waals surface area contributed by atoms with Crippen molar-refractivity contribution in [2.75, 3.05) is 30.7 Å². The molecule has 1 aromatic carbocycles. The zero-order chi connectivity index (χ0) is 15.6. The van der Waals surface area contributed by atoms with Gasteiger partial charge in [-0.1, -0.05) is 23.2 Å². The van der Waals surface area contributed by atoms with Gasteiger partial charge in [0.15, 0.2) is 0 Å². The van der Waals surface area contributed by atoms with Crippen LogP contribution in [0, 0.1) is 0 Å². The van der Waals surface area contributed by atoms with Gasteiger partial charge in [-0.3, -0.25) is 9.69 Å². The van der Waals surface area contributed by atoms with Gasteiger partial charge in [0.1, 0.15) is 0 Å². The number of aliphatic hydroxyl groups is 1. The molecule has 0 radical (unpaired) electrons. The summed E-state index contributed by atoms with van der Waals surface area (Å²) in [6.45, 7) is 3.23. The summed E-state index contributed by atoms with van der Waals surface area (Å²) in [6.07, 6.45) is 1.62. The summed E-state index contributed by atoms with van der Waals surface area (Å²) in [4.78, 5) is 14.0. The standard InChI is InChI=1S/C14H19Cl2N3O2/c1-14(21)3-2-4-19(8-14)7-12(20)18-13-10(16)5-9(15)6-11(13)17/h5-6,21H,2-4,7-8,17H2,1H3,(H,18,20). The van der Waals surface area contributed by atoms with E-state index in [9.17, 15) is 9.90 Å². The number of nitrogens with two attached hydrogens (primary N) is 1. The third kappa shape index (κ3) is 4.48. The molecule has 4 N–H and O–H groups in total. The highest BCUT2D eigenvalue weighted by Crippen LogP contribution is 2.32. The Hall–Kier alpha value is -1.01. The fourth-order valence-corrected chi connectivity index (χ4v) is 3.12. The van der Waals surface area contributed by atoms with Gasteiger partial charge in [-0.15, -0.1) is 0 Å². The van der Waals surface area contributed by atoms with E-state index in [1.807, 2.05) is 4.90 Å². The number of carbonyl (C=O) groups is 1. The van der Waals surface area contributed by atoms with Crippen LogP contribution < -0.4 is 11.1 Å². The number of hydrogen-bond donors (Lipinski definition) is 3. The van der Waals surface area contributed by atoms with Gasteiger partial charge in [-0.05, 0) is 38.4 Å². The van der Waals surface area contributed by atoms with Crippen molar-refractivity contribution in [2.24, 2.45) is 0 Å². The molecule has 0 saturated carbocycles. The molecular formula is C14H19Cl2N3O2. The molecule has 0 aromatic heterocycles. The number of hydrogen-bond acceptors (Lipinski definition) is 4. The number of carbonyl (C=O) groups excluding carboxylic acids is 1. The minimum atomic E-state index is -0.741. The largest absolute Gasteiger partial charge is 0.397 e. The molecule has 1 unspecified atom stereocenters. The molecule has 116 valence electrons. The van der Waals surface area contributed by atoms with Crippen molar-refractivity contribution in [2.45, 2.75) is 25.4 Å². The van der Waals surface area contributed by atoms with Crippen molar-refractivity contribution in [3.8, 4) is 0 Å². The molecular weight excluding hydrogens is 313 g/mol. The number of piperidine rings is 1. The first kappa shape index (κ1) is 16.4. The maximum absolute atomic E-state index is 12.1. The Labute approximate surface area is 134 Å². The molecule has 0 bridgehead atoms. The average molecular weight is 332 g/mol. The molecule has 5 nitrogen and oxygen atoms in total. The average Bonchev–Trinajstić information content (AvgIpc) is 2.32. The van der Waals surface area contributed by atoms with Gasteiger partial charge >= 0.3 is 0 Å². The van der Waals surface area contributed by atoms with Gasteiger partial charge in [0.2, 0.25) is 5.91 Å². The number of β-amino-alcohol motifs (C(OH)–C–C–N with tert-alkyl or cyclic N) is 1. The van der Waals surface area contributed by atoms with Gasteiger partial charge in [0, 0.05) is 11.6 Å². The number of nitrogen functional groups attached to an aromatic ring is 1. The number of likely N-dealkylation sites (tertiary alicyclic amines) is 1. The third-order valence-corrected chi connectivity index (χ3v) is 3.99. The van der Waals surface area contributed by atoms with Crippen molar-refractivity contribution in [1.29, 1.82) is 0 Å². The Bertz CT molecular complexity index is 526. The normalized spacial score (nSPS) is 23.0. The number of anilines is 2. The van der Waals surface area contributed by atoms with Crippen LogP contribution >= 0.6 is 23.2 Å². The highest BCUT2D eigenvalue weighted by molar-refractivity contribution is 6.37. The zero-order valence-electron chi connectivity index (χ0n) is 11.8. The SMILES string of the molecule is CC1(O)CCCN(CC(=O)Nc2c(N)cc(Cl)cc2Cl)C1. The monoisotopic (exact) mass is 331 g/mol. The number of nitrogens with zero attached hydrogens (tertiary/aromatic N) is 1. The maximum atomic E-state index is 12.1. The lowest BCUT2D eigenvalue weighted by molar-refractivity contribution is -0.118. The molecule has 2 rings (SSSR count). The lowest BCUT2D eigenvalue weighted by Crippen LogP contribution is -2.48. The predicted octanol–water partition coefficient (Wildman–Crippen LogP) is 2.36. The summed E-state index contributed by atoms with van der Waals surface area (Å²) in [5.74, 6) is -0.219. The fraction of sp³-hybridized carbons (Fsp3) is 0.500. The van der Waals surface area contributed by atoms with Crippen LogP contribution in [0.2, 0.25) is 10.0 Å². The molecule has 1 aliphatic rings. The second kappa shape index (κ2) is 6.40. The van der Waals surface area contributed by atoms with Gasteiger partial charge in [0.25, 0.3) is 0 Å². The summed E-state index contributed by atoms with van der Waals surface area (Å²) in [7, 11) is 0. The fourth-order valence-electron chi connectivity index (χ4n) is 2.57. The van der Waals surface area contributed by atoms with Gasteiger partial charge in [-0.2, -0.15) is 0 Å². The Morgan fingerprint density at radius 1 is 1.52 bits per heavy atom. The van der Waals surface area contributed by atoms with E-state index >= 15 is 0 Å². The van der Waals surface area contributed by atoms with E-state index in [1.54, 1.807) is 6.92 Å². The van der Waals surface area contributed by atoms with Crippen molar-refractivity contribution in [3.05, 3.63) is 22.2 Å². The number of halogens is 2. The summed E-state index contributed by atoms with van der Waals surface area (Å²) in [6, 6.07) is 3.06. The van der Waals surface area contributed by atoms with E-state index in [0.717, 1.165) is 19.4 Å². The predicted molar refractivity (Wildman–Crippen MR) is 85.8 cm³/mol. The van der Waals surface area contributed by atoms with Crippen LogP contribution in [0.15, 0.2) is 12.1 Å². The Morgan fingerprint density at radius 3 is 2.86 bits per heavy atom. The van der Waals surface area contributed by atoms with Crippen LogP contribution in [0.25, 0.3) is 0 Å². The number of rotatable bonds is 3. The molecule has 1 atom stereocenters. The van der Waals surface area contributed by atoms with Crippen LogP contribution in [0.5, 0.6) is 0 Å². The van der Waals surface area contributed by atoms with Crippen LogP contribution in [0.3, 0.4) is 0 Å². The van der Waals surface area contributed by atoms with E-state index < -0.39 is 5.60 Å². The number of amides is 1. The second-order valence-corrected chi connectivity index (χ2v) is 6.55. The molecule has 1 aliphatic heterocycles.